The van der Waals surface area contributed by atoms with Gasteiger partial charge in [0, 0.05) is 17.0 Å². The molecule has 1 unspecified atom stereocenters. The Morgan fingerprint density at radius 1 is 1.13 bits per heavy atom. The third-order valence-electron chi connectivity index (χ3n) is 3.93. The summed E-state index contributed by atoms with van der Waals surface area (Å²) in [5.74, 6) is -0.0179. The lowest BCUT2D eigenvalue weighted by molar-refractivity contribution is -0.113. The van der Waals surface area contributed by atoms with Crippen LogP contribution in [0.3, 0.4) is 0 Å². The number of amides is 1. The van der Waals surface area contributed by atoms with Crippen molar-refractivity contribution in [3.8, 4) is 5.75 Å². The molecule has 23 heavy (non-hydrogen) atoms. The van der Waals surface area contributed by atoms with E-state index in [1.54, 1.807) is 31.4 Å². The van der Waals surface area contributed by atoms with E-state index in [0.717, 1.165) is 11.1 Å². The van der Waals surface area contributed by atoms with Gasteiger partial charge in [-0.05, 0) is 29.8 Å². The number of Topliss-reactive ketones (excluding diaryl/α,β-unsaturated/α-hetero) is 1. The summed E-state index contributed by atoms with van der Waals surface area (Å²) in [6.45, 7) is 1.84. The number of benzene rings is 2. The van der Waals surface area contributed by atoms with Gasteiger partial charge in [0.2, 0.25) is 0 Å². The first-order valence-corrected chi connectivity index (χ1v) is 7.27. The van der Waals surface area contributed by atoms with Gasteiger partial charge in [-0.25, -0.2) is 5.43 Å². The lowest BCUT2D eigenvalue weighted by atomic mass is 10.0. The number of nitrogens with zero attached hydrogens (tertiary/aromatic N) is 1. The Morgan fingerprint density at radius 3 is 2.52 bits per heavy atom. The molecule has 0 saturated carbocycles. The van der Waals surface area contributed by atoms with E-state index in [9.17, 15) is 9.59 Å². The molecule has 1 aliphatic rings. The molecule has 0 heterocycles. The molecule has 0 bridgehead atoms. The van der Waals surface area contributed by atoms with Crippen molar-refractivity contribution in [2.75, 3.05) is 7.11 Å². The molecular formula is C18H16N2O3. The molecule has 0 saturated heterocycles. The first kappa shape index (κ1) is 15.0. The number of carbonyl (C=O) groups is 2. The second kappa shape index (κ2) is 6.04. The van der Waals surface area contributed by atoms with Crippen molar-refractivity contribution in [3.63, 3.8) is 0 Å². The van der Waals surface area contributed by atoms with E-state index in [4.69, 9.17) is 4.74 Å². The third-order valence-corrected chi connectivity index (χ3v) is 3.93. The van der Waals surface area contributed by atoms with Crippen LogP contribution in [0.5, 0.6) is 5.75 Å². The molecule has 5 heteroatoms. The van der Waals surface area contributed by atoms with E-state index in [1.807, 2.05) is 31.2 Å². The summed E-state index contributed by atoms with van der Waals surface area (Å²) in [5, 5.41) is 4.05. The third kappa shape index (κ3) is 2.73. The van der Waals surface area contributed by atoms with Gasteiger partial charge in [0.15, 0.2) is 5.78 Å². The molecule has 1 atom stereocenters. The molecular weight excluding hydrogens is 292 g/mol. The van der Waals surface area contributed by atoms with Crippen molar-refractivity contribution < 1.29 is 14.3 Å². The zero-order valence-electron chi connectivity index (χ0n) is 12.9. The van der Waals surface area contributed by atoms with Crippen LogP contribution in [0.1, 0.15) is 34.3 Å². The second-order valence-corrected chi connectivity index (χ2v) is 5.30. The molecule has 0 aliphatic heterocycles. The topological polar surface area (TPSA) is 67.8 Å². The van der Waals surface area contributed by atoms with Crippen LogP contribution in [0, 0.1) is 0 Å². The highest BCUT2D eigenvalue weighted by atomic mass is 16.5. The van der Waals surface area contributed by atoms with E-state index in [2.05, 4.69) is 10.5 Å². The largest absolute Gasteiger partial charge is 0.497 e. The van der Waals surface area contributed by atoms with Crippen molar-refractivity contribution in [1.29, 1.82) is 0 Å². The van der Waals surface area contributed by atoms with Crippen LogP contribution >= 0.6 is 0 Å². The molecule has 1 N–H and O–H groups in total. The number of ketones is 1. The van der Waals surface area contributed by atoms with Crippen molar-refractivity contribution >= 4 is 17.4 Å². The molecule has 0 aromatic heterocycles. The average molecular weight is 308 g/mol. The number of carbonyl (C=O) groups excluding carboxylic acids is 2. The summed E-state index contributed by atoms with van der Waals surface area (Å²) in [6, 6.07) is 14.2. The maximum Gasteiger partial charge on any atom is 0.271 e. The van der Waals surface area contributed by atoms with Crippen molar-refractivity contribution in [3.05, 3.63) is 65.2 Å². The first-order valence-electron chi connectivity index (χ1n) is 7.27. The lowest BCUT2D eigenvalue weighted by Crippen LogP contribution is -2.22. The Morgan fingerprint density at radius 2 is 1.83 bits per heavy atom. The predicted octanol–water partition coefficient (Wildman–Crippen LogP) is 2.52. The molecule has 2 aromatic carbocycles. The minimum atomic E-state index is -0.370. The molecule has 0 fully saturated rings. The fourth-order valence-corrected chi connectivity index (χ4v) is 2.60. The Bertz CT molecular complexity index is 794. The highest BCUT2D eigenvalue weighted by Crippen LogP contribution is 2.29. The Labute approximate surface area is 134 Å². The number of nitrogens with one attached hydrogen (secondary N) is 1. The highest BCUT2D eigenvalue weighted by molar-refractivity contribution is 6.51. The van der Waals surface area contributed by atoms with Gasteiger partial charge >= 0.3 is 0 Å². The van der Waals surface area contributed by atoms with Crippen molar-refractivity contribution in [1.82, 2.24) is 5.43 Å². The van der Waals surface area contributed by atoms with Gasteiger partial charge in [-0.2, -0.15) is 5.10 Å². The van der Waals surface area contributed by atoms with Gasteiger partial charge in [-0.1, -0.05) is 31.2 Å². The number of rotatable bonds is 3. The smallest absolute Gasteiger partial charge is 0.271 e. The van der Waals surface area contributed by atoms with Crippen molar-refractivity contribution in [2.24, 2.45) is 5.10 Å². The van der Waals surface area contributed by atoms with Gasteiger partial charge in [-0.3, -0.25) is 9.59 Å². The molecule has 0 radical (unpaired) electrons. The van der Waals surface area contributed by atoms with E-state index in [1.165, 1.54) is 0 Å². The van der Waals surface area contributed by atoms with Crippen LogP contribution in [0.4, 0.5) is 0 Å². The van der Waals surface area contributed by atoms with E-state index in [0.29, 0.717) is 17.0 Å². The van der Waals surface area contributed by atoms with Crippen LogP contribution < -0.4 is 10.2 Å². The number of fused-ring (bicyclic) bond motifs is 1. The quantitative estimate of drug-likeness (QED) is 0.886. The number of ether oxygens (including phenoxy) is 1. The molecule has 0 spiro atoms. The summed E-state index contributed by atoms with van der Waals surface area (Å²) in [7, 11) is 1.56. The van der Waals surface area contributed by atoms with E-state index >= 15 is 0 Å². The maximum atomic E-state index is 12.3. The monoisotopic (exact) mass is 308 g/mol. The average Bonchev–Trinajstić information content (AvgIpc) is 2.84. The fourth-order valence-electron chi connectivity index (χ4n) is 2.60. The summed E-state index contributed by atoms with van der Waals surface area (Å²) < 4.78 is 5.05. The molecule has 1 aliphatic carbocycles. The Kier molecular flexibility index (Phi) is 3.93. The SMILES string of the molecule is COc1ccc(C(=O)N/N=C2\C(=O)C(C)c3ccccc32)cc1. The summed E-state index contributed by atoms with van der Waals surface area (Å²) >= 11 is 0. The van der Waals surface area contributed by atoms with Crippen LogP contribution in [0.25, 0.3) is 0 Å². The van der Waals surface area contributed by atoms with Crippen LogP contribution in [0.2, 0.25) is 0 Å². The van der Waals surface area contributed by atoms with E-state index < -0.39 is 0 Å². The van der Waals surface area contributed by atoms with Crippen LogP contribution in [-0.2, 0) is 4.79 Å². The number of hydrogen-bond acceptors (Lipinski definition) is 4. The second-order valence-electron chi connectivity index (χ2n) is 5.30. The van der Waals surface area contributed by atoms with Gasteiger partial charge in [0.1, 0.15) is 11.5 Å². The first-order chi connectivity index (χ1) is 11.1. The van der Waals surface area contributed by atoms with E-state index in [-0.39, 0.29) is 17.6 Å². The number of hydrogen-bond donors (Lipinski definition) is 1. The standard InChI is InChI=1S/C18H16N2O3/c1-11-14-5-3-4-6-15(14)16(17(11)21)19-20-18(22)12-7-9-13(23-2)10-8-12/h3-11H,1-2H3,(H,20,22)/b19-16-. The zero-order chi connectivity index (χ0) is 16.4. The molecule has 3 rings (SSSR count). The van der Waals surface area contributed by atoms with Gasteiger partial charge in [0.05, 0.1) is 7.11 Å². The molecule has 116 valence electrons. The van der Waals surface area contributed by atoms with Crippen molar-refractivity contribution in [2.45, 2.75) is 12.8 Å². The van der Waals surface area contributed by atoms with Gasteiger partial charge < -0.3 is 4.74 Å². The Balaban J connectivity index is 1.82. The minimum absolute atomic E-state index is 0.0822. The number of methoxy groups -OCH3 is 1. The molecule has 2 aromatic rings. The number of hydrazone groups is 1. The fraction of sp³-hybridized carbons (Fsp3) is 0.167. The normalized spacial score (nSPS) is 17.9. The molecule has 5 nitrogen and oxygen atoms in total. The maximum absolute atomic E-state index is 12.3. The highest BCUT2D eigenvalue weighted by Gasteiger charge is 2.33. The van der Waals surface area contributed by atoms with Gasteiger partial charge in [-0.15, -0.1) is 0 Å². The lowest BCUT2D eigenvalue weighted by Gasteiger charge is -2.03. The van der Waals surface area contributed by atoms with Gasteiger partial charge in [0.25, 0.3) is 5.91 Å². The summed E-state index contributed by atoms with van der Waals surface area (Å²) in [4.78, 5) is 24.4. The predicted molar refractivity (Wildman–Crippen MR) is 86.9 cm³/mol. The minimum Gasteiger partial charge on any atom is -0.497 e. The zero-order valence-corrected chi connectivity index (χ0v) is 12.9. The Hall–Kier alpha value is -2.95. The summed E-state index contributed by atoms with van der Waals surface area (Å²) in [6.07, 6.45) is 0. The summed E-state index contributed by atoms with van der Waals surface area (Å²) in [5.41, 5.74) is 4.92. The van der Waals surface area contributed by atoms with Crippen LogP contribution in [-0.4, -0.2) is 24.5 Å². The van der Waals surface area contributed by atoms with Crippen LogP contribution in [0.15, 0.2) is 53.6 Å². The molecule has 1 amide bonds.